The molecule has 0 radical (unpaired) electrons. The minimum atomic E-state index is -0.136. The van der Waals surface area contributed by atoms with Crippen molar-refractivity contribution in [1.29, 1.82) is 0 Å². The molecule has 0 aliphatic rings. The number of anilines is 1. The van der Waals surface area contributed by atoms with Crippen LogP contribution in [0.1, 0.15) is 23.7 Å². The van der Waals surface area contributed by atoms with E-state index in [0.29, 0.717) is 39.9 Å². The lowest BCUT2D eigenvalue weighted by Gasteiger charge is -2.07. The summed E-state index contributed by atoms with van der Waals surface area (Å²) < 4.78 is 5.24. The summed E-state index contributed by atoms with van der Waals surface area (Å²) in [6, 6.07) is 9.05. The number of nitrogens with zero attached hydrogens (tertiary/aromatic N) is 5. The molecule has 0 saturated carbocycles. The molecular formula is C20H18ClN7O2S. The molecule has 3 aromatic heterocycles. The lowest BCUT2D eigenvalue weighted by molar-refractivity contribution is -0.116. The van der Waals surface area contributed by atoms with Gasteiger partial charge in [0, 0.05) is 41.5 Å². The number of carbonyl (C=O) groups excluding carboxylic acids is 1. The molecule has 0 unspecified atom stereocenters. The third-order valence-electron chi connectivity index (χ3n) is 4.27. The number of benzene rings is 1. The molecule has 2 N–H and O–H groups in total. The molecular weight excluding hydrogens is 438 g/mol. The Hall–Kier alpha value is -3.24. The Kier molecular flexibility index (Phi) is 6.58. The number of hydrogen-bond acceptors (Lipinski definition) is 8. The van der Waals surface area contributed by atoms with Crippen molar-refractivity contribution in [2.24, 2.45) is 0 Å². The Bertz CT molecular complexity index is 1180. The average Bonchev–Trinajstić information content (AvgIpc) is 3.43. The molecule has 0 saturated heterocycles. The van der Waals surface area contributed by atoms with Crippen LogP contribution in [0.4, 0.5) is 5.69 Å². The van der Waals surface area contributed by atoms with E-state index >= 15 is 0 Å². The minimum absolute atomic E-state index is 0.136. The predicted octanol–water partition coefficient (Wildman–Crippen LogP) is 4.08. The third kappa shape index (κ3) is 5.68. The number of aryl methyl sites for hydroxylation is 2. The number of carbonyl (C=O) groups is 1. The number of halogens is 1. The van der Waals surface area contributed by atoms with Gasteiger partial charge in [-0.05, 0) is 42.8 Å². The minimum Gasteiger partial charge on any atom is -0.339 e. The zero-order chi connectivity index (χ0) is 21.6. The molecule has 9 nitrogen and oxygen atoms in total. The van der Waals surface area contributed by atoms with E-state index in [1.807, 2.05) is 19.1 Å². The molecule has 3 heterocycles. The van der Waals surface area contributed by atoms with Crippen LogP contribution in [0, 0.1) is 6.92 Å². The molecule has 1 aromatic carbocycles. The highest BCUT2D eigenvalue weighted by Gasteiger charge is 2.12. The zero-order valence-electron chi connectivity index (χ0n) is 16.5. The van der Waals surface area contributed by atoms with Gasteiger partial charge in [0.25, 0.3) is 0 Å². The fourth-order valence-corrected chi connectivity index (χ4v) is 3.59. The van der Waals surface area contributed by atoms with Crippen LogP contribution in [-0.2, 0) is 17.0 Å². The molecule has 31 heavy (non-hydrogen) atoms. The number of amides is 1. The Labute approximate surface area is 187 Å². The first-order valence-electron chi connectivity index (χ1n) is 9.40. The van der Waals surface area contributed by atoms with Gasteiger partial charge >= 0.3 is 0 Å². The van der Waals surface area contributed by atoms with Gasteiger partial charge in [-0.2, -0.15) is 4.98 Å². The highest BCUT2D eigenvalue weighted by atomic mass is 35.5. The molecule has 1 amide bonds. The fourth-order valence-electron chi connectivity index (χ4n) is 2.72. The van der Waals surface area contributed by atoms with Crippen molar-refractivity contribution < 1.29 is 9.32 Å². The quantitative estimate of drug-likeness (QED) is 0.381. The van der Waals surface area contributed by atoms with Gasteiger partial charge in [-0.15, -0.1) is 5.10 Å². The molecule has 0 atom stereocenters. The van der Waals surface area contributed by atoms with E-state index in [2.05, 4.69) is 35.6 Å². The normalized spacial score (nSPS) is 10.9. The molecule has 0 aliphatic carbocycles. The van der Waals surface area contributed by atoms with Crippen molar-refractivity contribution in [2.75, 3.05) is 5.32 Å². The van der Waals surface area contributed by atoms with E-state index in [-0.39, 0.29) is 12.3 Å². The average molecular weight is 456 g/mol. The smallest absolute Gasteiger partial charge is 0.227 e. The topological polar surface area (TPSA) is 122 Å². The van der Waals surface area contributed by atoms with Gasteiger partial charge in [0.2, 0.25) is 17.0 Å². The van der Waals surface area contributed by atoms with Gasteiger partial charge in [-0.1, -0.05) is 28.5 Å². The van der Waals surface area contributed by atoms with E-state index in [1.54, 1.807) is 30.6 Å². The molecule has 158 valence electrons. The number of thioether (sulfide) groups is 1. The van der Waals surface area contributed by atoms with Gasteiger partial charge in [-0.3, -0.25) is 14.9 Å². The Morgan fingerprint density at radius 3 is 3.00 bits per heavy atom. The summed E-state index contributed by atoms with van der Waals surface area (Å²) in [5.41, 5.74) is 2.49. The molecule has 0 fully saturated rings. The van der Waals surface area contributed by atoms with Crippen molar-refractivity contribution in [3.8, 4) is 11.4 Å². The van der Waals surface area contributed by atoms with E-state index in [0.717, 1.165) is 16.8 Å². The number of aromatic nitrogens is 6. The molecule has 4 aromatic rings. The molecule has 11 heteroatoms. The SMILES string of the molecule is Cc1cc(Cl)ccc1NC(=O)CCc1nc(CSc2n[nH]c(-c3cccnc3)n2)no1. The molecule has 0 spiro atoms. The number of H-pyrrole nitrogens is 1. The maximum atomic E-state index is 12.2. The first-order chi connectivity index (χ1) is 15.1. The second-order valence-electron chi connectivity index (χ2n) is 6.61. The van der Waals surface area contributed by atoms with Crippen molar-refractivity contribution in [3.05, 3.63) is 65.0 Å². The maximum absolute atomic E-state index is 12.2. The third-order valence-corrected chi connectivity index (χ3v) is 5.35. The van der Waals surface area contributed by atoms with Gasteiger partial charge in [-0.25, -0.2) is 4.98 Å². The highest BCUT2D eigenvalue weighted by molar-refractivity contribution is 7.98. The summed E-state index contributed by atoms with van der Waals surface area (Å²) in [6.07, 6.45) is 3.99. The molecule has 0 bridgehead atoms. The van der Waals surface area contributed by atoms with Crippen molar-refractivity contribution in [1.82, 2.24) is 30.3 Å². The van der Waals surface area contributed by atoms with Crippen LogP contribution in [-0.4, -0.2) is 36.2 Å². The first-order valence-corrected chi connectivity index (χ1v) is 10.8. The Morgan fingerprint density at radius 2 is 2.19 bits per heavy atom. The first kappa shape index (κ1) is 21.0. The largest absolute Gasteiger partial charge is 0.339 e. The van der Waals surface area contributed by atoms with E-state index in [4.69, 9.17) is 16.1 Å². The summed E-state index contributed by atoms with van der Waals surface area (Å²) in [4.78, 5) is 25.0. The Morgan fingerprint density at radius 1 is 1.29 bits per heavy atom. The number of pyridine rings is 1. The fraction of sp³-hybridized carbons (Fsp3) is 0.200. The lowest BCUT2D eigenvalue weighted by atomic mass is 10.2. The predicted molar refractivity (Wildman–Crippen MR) is 117 cm³/mol. The summed E-state index contributed by atoms with van der Waals surface area (Å²) in [5, 5.41) is 15.1. The number of hydrogen-bond donors (Lipinski definition) is 2. The second kappa shape index (κ2) is 9.71. The van der Waals surface area contributed by atoms with Crippen molar-refractivity contribution >= 4 is 35.0 Å². The van der Waals surface area contributed by atoms with E-state index < -0.39 is 0 Å². The van der Waals surface area contributed by atoms with Crippen LogP contribution in [0.2, 0.25) is 5.02 Å². The monoisotopic (exact) mass is 455 g/mol. The van der Waals surface area contributed by atoms with E-state index in [9.17, 15) is 4.79 Å². The van der Waals surface area contributed by atoms with Crippen LogP contribution in [0.25, 0.3) is 11.4 Å². The van der Waals surface area contributed by atoms with Crippen LogP contribution in [0.5, 0.6) is 0 Å². The highest BCUT2D eigenvalue weighted by Crippen LogP contribution is 2.22. The van der Waals surface area contributed by atoms with Gasteiger partial charge in [0.15, 0.2) is 11.6 Å². The Balaban J connectivity index is 1.26. The second-order valence-corrected chi connectivity index (χ2v) is 7.99. The van der Waals surface area contributed by atoms with Gasteiger partial charge in [0.05, 0.1) is 5.75 Å². The lowest BCUT2D eigenvalue weighted by Crippen LogP contribution is -2.13. The zero-order valence-corrected chi connectivity index (χ0v) is 18.1. The summed E-state index contributed by atoms with van der Waals surface area (Å²) >= 11 is 7.32. The molecule has 4 rings (SSSR count). The number of aromatic amines is 1. The summed E-state index contributed by atoms with van der Waals surface area (Å²) in [6.45, 7) is 1.89. The summed E-state index contributed by atoms with van der Waals surface area (Å²) in [5.74, 6) is 1.88. The van der Waals surface area contributed by atoms with Crippen LogP contribution in [0.15, 0.2) is 52.4 Å². The van der Waals surface area contributed by atoms with Crippen molar-refractivity contribution in [2.45, 2.75) is 30.7 Å². The maximum Gasteiger partial charge on any atom is 0.227 e. The summed E-state index contributed by atoms with van der Waals surface area (Å²) in [7, 11) is 0. The number of rotatable bonds is 8. The van der Waals surface area contributed by atoms with Gasteiger partial charge in [0.1, 0.15) is 0 Å². The molecule has 0 aliphatic heterocycles. The van der Waals surface area contributed by atoms with E-state index in [1.165, 1.54) is 11.8 Å². The van der Waals surface area contributed by atoms with Crippen molar-refractivity contribution in [3.63, 3.8) is 0 Å². The number of nitrogens with one attached hydrogen (secondary N) is 2. The standard InChI is InChI=1S/C20H18ClN7O2S/c1-12-9-14(21)4-5-15(12)23-17(29)6-7-18-24-16(28-30-18)11-31-20-25-19(26-27-20)13-3-2-8-22-10-13/h2-5,8-10H,6-7,11H2,1H3,(H,23,29)(H,25,26,27). The van der Waals surface area contributed by atoms with Crippen LogP contribution >= 0.6 is 23.4 Å². The van der Waals surface area contributed by atoms with Crippen LogP contribution < -0.4 is 5.32 Å². The van der Waals surface area contributed by atoms with Gasteiger partial charge < -0.3 is 9.84 Å². The van der Waals surface area contributed by atoms with Crippen LogP contribution in [0.3, 0.4) is 0 Å².